The van der Waals surface area contributed by atoms with Gasteiger partial charge in [-0.3, -0.25) is 4.98 Å². The fourth-order valence-corrected chi connectivity index (χ4v) is 5.18. The fourth-order valence-electron chi connectivity index (χ4n) is 5.18. The number of aromatic nitrogens is 2. The minimum absolute atomic E-state index is 0. The molecule has 0 saturated heterocycles. The SMILES string of the molecule is CC(C)(C)C(O)CC(O)C(C)(C)C.Cc1[c-]c(-c2ncc(-c3cc(C)c(C#N)cc3C)nc2-c2cc(C)cc(C)c2)cc(C)c1.[Ir]. The van der Waals surface area contributed by atoms with E-state index in [4.69, 9.17) is 9.97 Å². The van der Waals surface area contributed by atoms with Crippen LogP contribution in [0, 0.1) is 69.8 Å². The number of rotatable bonds is 5. The van der Waals surface area contributed by atoms with Crippen molar-refractivity contribution < 1.29 is 30.3 Å². The largest absolute Gasteiger partial charge is 0.392 e. The molecule has 46 heavy (non-hydrogen) atoms. The van der Waals surface area contributed by atoms with Gasteiger partial charge in [-0.2, -0.15) is 5.26 Å². The minimum atomic E-state index is -0.443. The van der Waals surface area contributed by atoms with Gasteiger partial charge in [-0.15, -0.1) is 34.9 Å². The molecule has 1 aromatic heterocycles. The molecule has 247 valence electrons. The number of hydrogen-bond acceptors (Lipinski definition) is 5. The Morgan fingerprint density at radius 1 is 0.739 bits per heavy atom. The third-order valence-corrected chi connectivity index (χ3v) is 8.08. The molecule has 1 radical (unpaired) electrons. The maximum atomic E-state index is 9.76. The summed E-state index contributed by atoms with van der Waals surface area (Å²) in [5, 5.41) is 28.9. The van der Waals surface area contributed by atoms with E-state index in [2.05, 4.69) is 70.2 Å². The van der Waals surface area contributed by atoms with Gasteiger partial charge in [0.1, 0.15) is 0 Å². The molecule has 2 N–H and O–H groups in total. The molecule has 2 unspecified atom stereocenters. The number of nitriles is 1. The molecule has 4 rings (SSSR count). The van der Waals surface area contributed by atoms with E-state index < -0.39 is 12.2 Å². The fraction of sp³-hybridized carbons (Fsp3) is 0.425. The van der Waals surface area contributed by atoms with Gasteiger partial charge in [0, 0.05) is 44.0 Å². The van der Waals surface area contributed by atoms with Crippen LogP contribution >= 0.6 is 0 Å². The molecular weight excluding hydrogens is 747 g/mol. The van der Waals surface area contributed by atoms with Crippen molar-refractivity contribution in [1.82, 2.24) is 9.97 Å². The monoisotopic (exact) mass is 797 g/mol. The van der Waals surface area contributed by atoms with Crippen LogP contribution in [0.15, 0.2) is 48.7 Å². The van der Waals surface area contributed by atoms with Crippen molar-refractivity contribution in [2.24, 2.45) is 10.8 Å². The second kappa shape index (κ2) is 15.6. The summed E-state index contributed by atoms with van der Waals surface area (Å²) in [6, 6.07) is 20.4. The van der Waals surface area contributed by atoms with E-state index in [0.29, 0.717) is 12.0 Å². The maximum Gasteiger partial charge on any atom is 0.0994 e. The predicted molar refractivity (Wildman–Crippen MR) is 186 cm³/mol. The molecule has 0 aliphatic heterocycles. The third kappa shape index (κ3) is 10.1. The maximum absolute atomic E-state index is 9.76. The average molecular weight is 797 g/mol. The van der Waals surface area contributed by atoms with Gasteiger partial charge in [-0.1, -0.05) is 84.7 Å². The van der Waals surface area contributed by atoms with E-state index in [1.54, 1.807) is 0 Å². The van der Waals surface area contributed by atoms with Crippen LogP contribution in [0.2, 0.25) is 0 Å². The van der Waals surface area contributed by atoms with Crippen LogP contribution in [0.1, 0.15) is 86.9 Å². The smallest absolute Gasteiger partial charge is 0.0994 e. The van der Waals surface area contributed by atoms with Crippen molar-refractivity contribution in [2.75, 3.05) is 0 Å². The van der Waals surface area contributed by atoms with E-state index >= 15 is 0 Å². The second-order valence-electron chi connectivity index (χ2n) is 14.7. The molecule has 0 fully saturated rings. The van der Waals surface area contributed by atoms with Gasteiger partial charge >= 0.3 is 0 Å². The van der Waals surface area contributed by atoms with Gasteiger partial charge in [-0.25, -0.2) is 0 Å². The van der Waals surface area contributed by atoms with Crippen molar-refractivity contribution in [3.63, 3.8) is 0 Å². The number of aliphatic hydroxyl groups excluding tert-OH is 2. The summed E-state index contributed by atoms with van der Waals surface area (Å²) in [7, 11) is 0. The number of aliphatic hydroxyl groups is 2. The normalized spacial score (nSPS) is 12.7. The first-order chi connectivity index (χ1) is 20.8. The van der Waals surface area contributed by atoms with Crippen LogP contribution in [0.3, 0.4) is 0 Å². The van der Waals surface area contributed by atoms with Crippen LogP contribution in [0.25, 0.3) is 33.8 Å². The van der Waals surface area contributed by atoms with Gasteiger partial charge < -0.3 is 15.2 Å². The Morgan fingerprint density at radius 2 is 1.28 bits per heavy atom. The van der Waals surface area contributed by atoms with Crippen LogP contribution in [-0.2, 0) is 20.1 Å². The van der Waals surface area contributed by atoms with Crippen molar-refractivity contribution in [3.05, 3.63) is 93.7 Å². The van der Waals surface area contributed by atoms with Gasteiger partial charge in [0.05, 0.1) is 35.2 Å². The molecule has 2 atom stereocenters. The summed E-state index contributed by atoms with van der Waals surface area (Å²) in [6.07, 6.45) is 1.40. The molecule has 5 nitrogen and oxygen atoms in total. The minimum Gasteiger partial charge on any atom is -0.392 e. The topological polar surface area (TPSA) is 90.0 Å². The van der Waals surface area contributed by atoms with Gasteiger partial charge in [-0.05, 0) is 67.3 Å². The standard InChI is InChI=1S/C29H26N3.C11H24O2.Ir/c1-17-7-18(2)10-23(9-17)28-29(24-11-19(3)8-20(4)12-24)32-27(16-31-28)26-14-21(5)25(15-30)13-22(26)6;1-10(2,3)8(12)7-9(13)11(4,5)6;/h7-9,11-14,16H,1-6H3;8-9,12-13H,7H2,1-6H3;/q-1;;. The Morgan fingerprint density at radius 3 is 1.78 bits per heavy atom. The molecule has 3 aromatic carbocycles. The van der Waals surface area contributed by atoms with Crippen molar-refractivity contribution in [2.45, 2.75) is 102 Å². The van der Waals surface area contributed by atoms with E-state index in [-0.39, 0.29) is 30.9 Å². The number of aryl methyl sites for hydroxylation is 6. The zero-order valence-electron chi connectivity index (χ0n) is 29.6. The molecule has 4 aromatic rings. The summed E-state index contributed by atoms with van der Waals surface area (Å²) in [5.74, 6) is 0. The van der Waals surface area contributed by atoms with E-state index in [1.165, 1.54) is 16.7 Å². The van der Waals surface area contributed by atoms with Crippen molar-refractivity contribution in [3.8, 4) is 39.8 Å². The molecule has 0 aliphatic carbocycles. The summed E-state index contributed by atoms with van der Waals surface area (Å²) < 4.78 is 0. The first kappa shape index (κ1) is 39.0. The third-order valence-electron chi connectivity index (χ3n) is 8.08. The van der Waals surface area contributed by atoms with E-state index in [9.17, 15) is 15.5 Å². The van der Waals surface area contributed by atoms with Crippen LogP contribution < -0.4 is 0 Å². The first-order valence-electron chi connectivity index (χ1n) is 15.6. The summed E-state index contributed by atoms with van der Waals surface area (Å²) in [5.41, 5.74) is 12.4. The molecule has 0 spiro atoms. The molecule has 0 bridgehead atoms. The molecule has 1 heterocycles. The second-order valence-corrected chi connectivity index (χ2v) is 14.7. The van der Waals surface area contributed by atoms with E-state index in [1.807, 2.05) is 73.7 Å². The molecular formula is C40H50IrN3O2-. The zero-order valence-corrected chi connectivity index (χ0v) is 31.9. The van der Waals surface area contributed by atoms with Gasteiger partial charge in [0.2, 0.25) is 0 Å². The van der Waals surface area contributed by atoms with Gasteiger partial charge in [0.15, 0.2) is 0 Å². The first-order valence-corrected chi connectivity index (χ1v) is 15.6. The molecule has 0 amide bonds. The Labute approximate surface area is 290 Å². The average Bonchev–Trinajstić information content (AvgIpc) is 2.92. The van der Waals surface area contributed by atoms with Crippen LogP contribution in [0.4, 0.5) is 0 Å². The number of hydrogen-bond donors (Lipinski definition) is 2. The van der Waals surface area contributed by atoms with Crippen LogP contribution in [0.5, 0.6) is 0 Å². The zero-order chi connectivity index (χ0) is 33.9. The number of benzene rings is 3. The Kier molecular flexibility index (Phi) is 13.2. The summed E-state index contributed by atoms with van der Waals surface area (Å²) in [4.78, 5) is 10.0. The molecule has 6 heteroatoms. The van der Waals surface area contributed by atoms with E-state index in [0.717, 1.165) is 50.5 Å². The van der Waals surface area contributed by atoms with Gasteiger partial charge in [0.25, 0.3) is 0 Å². The Bertz CT molecular complexity index is 1650. The van der Waals surface area contributed by atoms with Crippen molar-refractivity contribution >= 4 is 0 Å². The summed E-state index contributed by atoms with van der Waals surface area (Å²) in [6.45, 7) is 24.2. The summed E-state index contributed by atoms with van der Waals surface area (Å²) >= 11 is 0. The quantitative estimate of drug-likeness (QED) is 0.197. The van der Waals surface area contributed by atoms with Crippen molar-refractivity contribution in [1.29, 1.82) is 5.26 Å². The van der Waals surface area contributed by atoms with Crippen LogP contribution in [-0.4, -0.2) is 32.4 Å². The molecule has 0 saturated carbocycles. The predicted octanol–water partition coefficient (Wildman–Crippen LogP) is 9.19. The Balaban J connectivity index is 0.000000449. The number of nitrogens with zero attached hydrogens (tertiary/aromatic N) is 3. The molecule has 0 aliphatic rings. The Hall–Kier alpha value is -3.20.